The Bertz CT molecular complexity index is 315. The Morgan fingerprint density at radius 3 is 2.87 bits per heavy atom. The predicted octanol–water partition coefficient (Wildman–Crippen LogP) is 2.96. The monoisotopic (exact) mass is 291 g/mol. The summed E-state index contributed by atoms with van der Waals surface area (Å²) in [6.45, 7) is 2.87. The first-order valence-electron chi connectivity index (χ1n) is 4.95. The number of hydrogen-bond donors (Lipinski definition) is 2. The van der Waals surface area contributed by atoms with Crippen molar-refractivity contribution in [2.45, 2.75) is 25.9 Å². The minimum Gasteiger partial charge on any atom is -0.395 e. The Labute approximate surface area is 104 Å². The van der Waals surface area contributed by atoms with Crippen molar-refractivity contribution in [3.8, 4) is 0 Å². The molecule has 0 aliphatic rings. The zero-order valence-electron chi connectivity index (χ0n) is 8.63. The van der Waals surface area contributed by atoms with E-state index < -0.39 is 0 Å². The molecule has 0 radical (unpaired) electrons. The van der Waals surface area contributed by atoms with Crippen LogP contribution in [0.2, 0.25) is 5.02 Å². The number of nitrogens with one attached hydrogen (secondary N) is 1. The molecule has 0 saturated heterocycles. The second-order valence-electron chi connectivity index (χ2n) is 3.40. The molecule has 84 valence electrons. The van der Waals surface area contributed by atoms with Crippen LogP contribution in [0.1, 0.15) is 18.9 Å². The fourth-order valence-corrected chi connectivity index (χ4v) is 1.86. The van der Waals surface area contributed by atoms with Crippen LogP contribution < -0.4 is 5.32 Å². The number of halogens is 2. The van der Waals surface area contributed by atoms with E-state index in [1.165, 1.54) is 0 Å². The van der Waals surface area contributed by atoms with Crippen molar-refractivity contribution in [3.63, 3.8) is 0 Å². The van der Waals surface area contributed by atoms with Gasteiger partial charge >= 0.3 is 0 Å². The second kappa shape index (κ2) is 6.48. The van der Waals surface area contributed by atoms with Crippen LogP contribution in [0.3, 0.4) is 0 Å². The summed E-state index contributed by atoms with van der Waals surface area (Å²) in [5.41, 5.74) is 1.04. The van der Waals surface area contributed by atoms with E-state index in [1.54, 1.807) is 0 Å². The molecule has 0 unspecified atom stereocenters. The summed E-state index contributed by atoms with van der Waals surface area (Å²) in [4.78, 5) is 0. The van der Waals surface area contributed by atoms with Gasteiger partial charge in [0.1, 0.15) is 0 Å². The Morgan fingerprint density at radius 2 is 2.27 bits per heavy atom. The maximum atomic E-state index is 9.02. The molecule has 0 amide bonds. The average Bonchev–Trinajstić information content (AvgIpc) is 2.24. The van der Waals surface area contributed by atoms with Crippen molar-refractivity contribution in [1.29, 1.82) is 0 Å². The quantitative estimate of drug-likeness (QED) is 0.874. The molecule has 0 saturated carbocycles. The van der Waals surface area contributed by atoms with E-state index in [-0.39, 0.29) is 12.6 Å². The lowest BCUT2D eigenvalue weighted by molar-refractivity contribution is 0.238. The Balaban J connectivity index is 2.60. The minimum atomic E-state index is 0.139. The Morgan fingerprint density at radius 1 is 1.53 bits per heavy atom. The molecule has 1 atom stereocenters. The molecule has 4 heteroatoms. The highest BCUT2D eigenvalue weighted by Gasteiger charge is 2.05. The van der Waals surface area contributed by atoms with Crippen LogP contribution in [0.25, 0.3) is 0 Å². The van der Waals surface area contributed by atoms with Gasteiger partial charge < -0.3 is 10.4 Å². The molecule has 0 aliphatic carbocycles. The van der Waals surface area contributed by atoms with E-state index in [0.717, 1.165) is 21.5 Å². The zero-order chi connectivity index (χ0) is 11.3. The van der Waals surface area contributed by atoms with Gasteiger partial charge in [-0.15, -0.1) is 0 Å². The highest BCUT2D eigenvalue weighted by Crippen LogP contribution is 2.20. The molecule has 15 heavy (non-hydrogen) atoms. The Kier molecular flexibility index (Phi) is 5.61. The number of aliphatic hydroxyl groups excluding tert-OH is 1. The summed E-state index contributed by atoms with van der Waals surface area (Å²) in [6, 6.07) is 5.90. The largest absolute Gasteiger partial charge is 0.395 e. The van der Waals surface area contributed by atoms with Crippen LogP contribution >= 0.6 is 27.5 Å². The maximum Gasteiger partial charge on any atom is 0.0584 e. The third kappa shape index (κ3) is 4.11. The molecule has 0 bridgehead atoms. The van der Waals surface area contributed by atoms with Crippen molar-refractivity contribution in [3.05, 3.63) is 33.3 Å². The molecule has 1 rings (SSSR count). The molecular weight excluding hydrogens is 277 g/mol. The van der Waals surface area contributed by atoms with Crippen molar-refractivity contribution < 1.29 is 5.11 Å². The number of hydrogen-bond acceptors (Lipinski definition) is 2. The van der Waals surface area contributed by atoms with Crippen LogP contribution in [0.15, 0.2) is 22.7 Å². The lowest BCUT2D eigenvalue weighted by Gasteiger charge is -2.14. The van der Waals surface area contributed by atoms with Gasteiger partial charge in [-0.05, 0) is 30.2 Å². The predicted molar refractivity (Wildman–Crippen MR) is 67.2 cm³/mol. The maximum absolute atomic E-state index is 9.02. The molecule has 0 aromatic heterocycles. The van der Waals surface area contributed by atoms with Gasteiger partial charge in [0.2, 0.25) is 0 Å². The van der Waals surface area contributed by atoms with E-state index >= 15 is 0 Å². The molecule has 0 fully saturated rings. The summed E-state index contributed by atoms with van der Waals surface area (Å²) in [5.74, 6) is 0. The summed E-state index contributed by atoms with van der Waals surface area (Å²) in [6.07, 6.45) is 0.905. The average molecular weight is 293 g/mol. The van der Waals surface area contributed by atoms with E-state index in [9.17, 15) is 0 Å². The van der Waals surface area contributed by atoms with E-state index in [4.69, 9.17) is 16.7 Å². The molecule has 1 aromatic rings. The lowest BCUT2D eigenvalue weighted by atomic mass is 10.2. The Hall–Kier alpha value is -0.0900. The van der Waals surface area contributed by atoms with Gasteiger partial charge in [0.05, 0.1) is 6.61 Å². The standard InChI is InChI=1S/C11H15BrClNO/c1-2-10(7-15)14-6-8-5-9(12)3-4-11(8)13/h3-5,10,14-15H,2,6-7H2,1H3/t10-/m0/s1. The summed E-state index contributed by atoms with van der Waals surface area (Å²) in [5, 5.41) is 13.0. The van der Waals surface area contributed by atoms with Crippen molar-refractivity contribution >= 4 is 27.5 Å². The smallest absolute Gasteiger partial charge is 0.0584 e. The van der Waals surface area contributed by atoms with Gasteiger partial charge in [-0.3, -0.25) is 0 Å². The van der Waals surface area contributed by atoms with Gasteiger partial charge in [-0.25, -0.2) is 0 Å². The van der Waals surface area contributed by atoms with Crippen LogP contribution in [-0.2, 0) is 6.54 Å². The summed E-state index contributed by atoms with van der Waals surface area (Å²) >= 11 is 9.44. The summed E-state index contributed by atoms with van der Waals surface area (Å²) in [7, 11) is 0. The fourth-order valence-electron chi connectivity index (χ4n) is 1.27. The second-order valence-corrected chi connectivity index (χ2v) is 4.73. The molecular formula is C11H15BrClNO. The van der Waals surface area contributed by atoms with Crippen LogP contribution in [0.4, 0.5) is 0 Å². The van der Waals surface area contributed by atoms with Gasteiger partial charge in [0, 0.05) is 22.1 Å². The van der Waals surface area contributed by atoms with Crippen LogP contribution in [-0.4, -0.2) is 17.8 Å². The van der Waals surface area contributed by atoms with E-state index in [0.29, 0.717) is 6.54 Å². The highest BCUT2D eigenvalue weighted by molar-refractivity contribution is 9.10. The van der Waals surface area contributed by atoms with Crippen molar-refractivity contribution in [2.75, 3.05) is 6.61 Å². The topological polar surface area (TPSA) is 32.3 Å². The molecule has 2 nitrogen and oxygen atoms in total. The highest BCUT2D eigenvalue weighted by atomic mass is 79.9. The first kappa shape index (κ1) is 13.0. The fraction of sp³-hybridized carbons (Fsp3) is 0.455. The third-order valence-electron chi connectivity index (χ3n) is 2.30. The number of aliphatic hydroxyl groups is 1. The molecule has 1 aromatic carbocycles. The van der Waals surface area contributed by atoms with Gasteiger partial charge in [0.25, 0.3) is 0 Å². The van der Waals surface area contributed by atoms with Gasteiger partial charge in [-0.1, -0.05) is 34.5 Å². The first-order valence-corrected chi connectivity index (χ1v) is 6.12. The van der Waals surface area contributed by atoms with Gasteiger partial charge in [-0.2, -0.15) is 0 Å². The normalized spacial score (nSPS) is 12.8. The molecule has 0 aliphatic heterocycles. The lowest BCUT2D eigenvalue weighted by Crippen LogP contribution is -2.31. The van der Waals surface area contributed by atoms with E-state index in [2.05, 4.69) is 21.2 Å². The van der Waals surface area contributed by atoms with E-state index in [1.807, 2.05) is 25.1 Å². The molecule has 2 N–H and O–H groups in total. The van der Waals surface area contributed by atoms with Crippen LogP contribution in [0, 0.1) is 0 Å². The minimum absolute atomic E-state index is 0.139. The van der Waals surface area contributed by atoms with Crippen molar-refractivity contribution in [2.24, 2.45) is 0 Å². The zero-order valence-corrected chi connectivity index (χ0v) is 11.0. The van der Waals surface area contributed by atoms with Crippen molar-refractivity contribution in [1.82, 2.24) is 5.32 Å². The first-order chi connectivity index (χ1) is 7.17. The molecule has 0 spiro atoms. The number of benzene rings is 1. The molecule has 0 heterocycles. The van der Waals surface area contributed by atoms with Gasteiger partial charge in [0.15, 0.2) is 0 Å². The van der Waals surface area contributed by atoms with Crippen LogP contribution in [0.5, 0.6) is 0 Å². The third-order valence-corrected chi connectivity index (χ3v) is 3.16. The summed E-state index contributed by atoms with van der Waals surface area (Å²) < 4.78 is 1.01. The SMILES string of the molecule is CC[C@@H](CO)NCc1cc(Br)ccc1Cl. The number of rotatable bonds is 5.